The molecule has 0 spiro atoms. The minimum atomic E-state index is 0.345. The van der Waals surface area contributed by atoms with Crippen LogP contribution in [0.2, 0.25) is 0 Å². The molecule has 1 aromatic heterocycles. The molecule has 5 nitrogen and oxygen atoms in total. The Balaban J connectivity index is 1.62. The number of nitrogens with one attached hydrogen (secondary N) is 1. The first-order valence-electron chi connectivity index (χ1n) is 6.67. The van der Waals surface area contributed by atoms with E-state index in [1.165, 1.54) is 18.4 Å². The van der Waals surface area contributed by atoms with Gasteiger partial charge in [0.25, 0.3) is 0 Å². The quantitative estimate of drug-likeness (QED) is 0.856. The minimum Gasteiger partial charge on any atom is -0.378 e. The zero-order chi connectivity index (χ0) is 12.4. The molecule has 0 bridgehead atoms. The summed E-state index contributed by atoms with van der Waals surface area (Å²) in [6, 6.07) is 0. The number of ether oxygens (including phenoxy) is 1. The predicted molar refractivity (Wildman–Crippen MR) is 69.9 cm³/mol. The number of aromatic nitrogens is 2. The summed E-state index contributed by atoms with van der Waals surface area (Å²) in [5, 5.41) is 3.38. The van der Waals surface area contributed by atoms with Crippen molar-refractivity contribution in [3.8, 4) is 0 Å². The van der Waals surface area contributed by atoms with Crippen molar-refractivity contribution in [3.05, 3.63) is 18.0 Å². The molecule has 18 heavy (non-hydrogen) atoms. The van der Waals surface area contributed by atoms with Crippen LogP contribution in [-0.2, 0) is 4.74 Å². The van der Waals surface area contributed by atoms with Crippen molar-refractivity contribution >= 4 is 5.95 Å². The standard InChI is InChI=1S/C13H20N4O/c1-18-12-8-17(9-12)13-15-6-11(7-16-13)10-2-4-14-5-3-10/h6-7,10,12,14H,2-5,8-9H2,1H3. The lowest BCUT2D eigenvalue weighted by Gasteiger charge is -2.38. The fourth-order valence-corrected chi connectivity index (χ4v) is 2.61. The van der Waals surface area contributed by atoms with Crippen LogP contribution in [0.1, 0.15) is 24.3 Å². The van der Waals surface area contributed by atoms with Gasteiger partial charge < -0.3 is 15.0 Å². The zero-order valence-electron chi connectivity index (χ0n) is 10.8. The molecule has 3 rings (SSSR count). The van der Waals surface area contributed by atoms with Gasteiger partial charge in [0.2, 0.25) is 5.95 Å². The topological polar surface area (TPSA) is 50.3 Å². The van der Waals surface area contributed by atoms with Crippen molar-refractivity contribution in [2.24, 2.45) is 0 Å². The highest BCUT2D eigenvalue weighted by Gasteiger charge is 2.28. The Hall–Kier alpha value is -1.20. The molecule has 5 heteroatoms. The molecule has 0 aromatic carbocycles. The van der Waals surface area contributed by atoms with Crippen LogP contribution in [0.3, 0.4) is 0 Å². The van der Waals surface area contributed by atoms with Crippen LogP contribution in [0.15, 0.2) is 12.4 Å². The lowest BCUT2D eigenvalue weighted by atomic mass is 9.92. The number of hydrogen-bond donors (Lipinski definition) is 1. The van der Waals surface area contributed by atoms with Gasteiger partial charge in [0.1, 0.15) is 0 Å². The van der Waals surface area contributed by atoms with Crippen LogP contribution in [0.4, 0.5) is 5.95 Å². The molecule has 2 saturated heterocycles. The van der Waals surface area contributed by atoms with Gasteiger partial charge in [-0.3, -0.25) is 0 Å². The van der Waals surface area contributed by atoms with E-state index in [-0.39, 0.29) is 0 Å². The summed E-state index contributed by atoms with van der Waals surface area (Å²) in [6.07, 6.45) is 6.73. The fourth-order valence-electron chi connectivity index (χ4n) is 2.61. The Morgan fingerprint density at radius 2 is 1.89 bits per heavy atom. The number of piperidine rings is 1. The summed E-state index contributed by atoms with van der Waals surface area (Å²) in [5.74, 6) is 1.46. The Morgan fingerprint density at radius 1 is 1.22 bits per heavy atom. The maximum Gasteiger partial charge on any atom is 0.225 e. The van der Waals surface area contributed by atoms with Crippen LogP contribution < -0.4 is 10.2 Å². The summed E-state index contributed by atoms with van der Waals surface area (Å²) in [6.45, 7) is 4.02. The predicted octanol–water partition coefficient (Wildman–Crippen LogP) is 0.779. The average Bonchev–Trinajstić information content (AvgIpc) is 2.39. The summed E-state index contributed by atoms with van der Waals surface area (Å²) >= 11 is 0. The Kier molecular flexibility index (Phi) is 3.43. The third kappa shape index (κ3) is 2.33. The average molecular weight is 248 g/mol. The second-order valence-electron chi connectivity index (χ2n) is 5.10. The van der Waals surface area contributed by atoms with Gasteiger partial charge in [0.05, 0.1) is 6.10 Å². The second-order valence-corrected chi connectivity index (χ2v) is 5.10. The van der Waals surface area contributed by atoms with Crippen LogP contribution >= 0.6 is 0 Å². The molecule has 0 unspecified atom stereocenters. The second kappa shape index (κ2) is 5.20. The molecule has 0 saturated carbocycles. The number of anilines is 1. The van der Waals surface area contributed by atoms with Gasteiger partial charge in [-0.2, -0.15) is 0 Å². The molecule has 0 amide bonds. The van der Waals surface area contributed by atoms with Crippen molar-refractivity contribution in [2.75, 3.05) is 38.2 Å². The third-order valence-electron chi connectivity index (χ3n) is 3.93. The first kappa shape index (κ1) is 11.9. The van der Waals surface area contributed by atoms with Crippen molar-refractivity contribution < 1.29 is 4.74 Å². The first-order chi connectivity index (χ1) is 8.86. The molecule has 2 aliphatic heterocycles. The molecular formula is C13H20N4O. The van der Waals surface area contributed by atoms with E-state index in [2.05, 4.69) is 20.2 Å². The molecule has 1 aromatic rings. The molecule has 2 aliphatic rings. The van der Waals surface area contributed by atoms with E-state index in [9.17, 15) is 0 Å². The first-order valence-corrected chi connectivity index (χ1v) is 6.67. The van der Waals surface area contributed by atoms with Gasteiger partial charge in [-0.05, 0) is 37.4 Å². The fraction of sp³-hybridized carbons (Fsp3) is 0.692. The molecular weight excluding hydrogens is 228 g/mol. The molecule has 0 radical (unpaired) electrons. The largest absolute Gasteiger partial charge is 0.378 e. The molecule has 1 N–H and O–H groups in total. The van der Waals surface area contributed by atoms with E-state index in [1.54, 1.807) is 7.11 Å². The van der Waals surface area contributed by atoms with Gasteiger partial charge in [-0.25, -0.2) is 9.97 Å². The summed E-state index contributed by atoms with van der Waals surface area (Å²) in [5.41, 5.74) is 1.28. The highest BCUT2D eigenvalue weighted by Crippen LogP contribution is 2.25. The highest BCUT2D eigenvalue weighted by atomic mass is 16.5. The van der Waals surface area contributed by atoms with Crippen molar-refractivity contribution in [1.29, 1.82) is 0 Å². The van der Waals surface area contributed by atoms with Gasteiger partial charge >= 0.3 is 0 Å². The van der Waals surface area contributed by atoms with Gasteiger partial charge in [-0.15, -0.1) is 0 Å². The lowest BCUT2D eigenvalue weighted by Crippen LogP contribution is -2.52. The maximum atomic E-state index is 5.25. The van der Waals surface area contributed by atoms with Crippen LogP contribution in [-0.4, -0.2) is 49.4 Å². The van der Waals surface area contributed by atoms with Crippen molar-refractivity contribution in [3.63, 3.8) is 0 Å². The third-order valence-corrected chi connectivity index (χ3v) is 3.93. The van der Waals surface area contributed by atoms with Crippen LogP contribution in [0, 0.1) is 0 Å². The number of methoxy groups -OCH3 is 1. The number of hydrogen-bond acceptors (Lipinski definition) is 5. The summed E-state index contributed by atoms with van der Waals surface area (Å²) in [4.78, 5) is 11.1. The maximum absolute atomic E-state index is 5.25. The molecule has 0 atom stereocenters. The van der Waals surface area contributed by atoms with Gasteiger partial charge in [0, 0.05) is 32.6 Å². The molecule has 2 fully saturated rings. The van der Waals surface area contributed by atoms with Crippen molar-refractivity contribution in [1.82, 2.24) is 15.3 Å². The van der Waals surface area contributed by atoms with Gasteiger partial charge in [0.15, 0.2) is 0 Å². The minimum absolute atomic E-state index is 0.345. The molecule has 0 aliphatic carbocycles. The SMILES string of the molecule is COC1CN(c2ncc(C3CCNCC3)cn2)C1. The summed E-state index contributed by atoms with van der Waals surface area (Å²) < 4.78 is 5.25. The van der Waals surface area contributed by atoms with Crippen molar-refractivity contribution in [2.45, 2.75) is 24.9 Å². The molecule has 98 valence electrons. The lowest BCUT2D eigenvalue weighted by molar-refractivity contribution is 0.0778. The Morgan fingerprint density at radius 3 is 2.50 bits per heavy atom. The van der Waals surface area contributed by atoms with E-state index in [4.69, 9.17) is 4.74 Å². The van der Waals surface area contributed by atoms with E-state index < -0.39 is 0 Å². The zero-order valence-corrected chi connectivity index (χ0v) is 10.8. The van der Waals surface area contributed by atoms with Gasteiger partial charge in [-0.1, -0.05) is 0 Å². The Labute approximate surface area is 108 Å². The number of nitrogens with zero attached hydrogens (tertiary/aromatic N) is 3. The smallest absolute Gasteiger partial charge is 0.225 e. The van der Waals surface area contributed by atoms with E-state index in [1.807, 2.05) is 12.4 Å². The molecule has 3 heterocycles. The summed E-state index contributed by atoms with van der Waals surface area (Å²) in [7, 11) is 1.75. The van der Waals surface area contributed by atoms with Crippen LogP contribution in [0.5, 0.6) is 0 Å². The highest BCUT2D eigenvalue weighted by molar-refractivity contribution is 5.35. The van der Waals surface area contributed by atoms with E-state index in [0.29, 0.717) is 12.0 Å². The normalized spacial score (nSPS) is 21.9. The monoisotopic (exact) mass is 248 g/mol. The van der Waals surface area contributed by atoms with Crippen LogP contribution in [0.25, 0.3) is 0 Å². The van der Waals surface area contributed by atoms with E-state index >= 15 is 0 Å². The number of rotatable bonds is 3. The van der Waals surface area contributed by atoms with E-state index in [0.717, 1.165) is 32.1 Å². The Bertz CT molecular complexity index is 382.